The van der Waals surface area contributed by atoms with Crippen molar-refractivity contribution >= 4 is 90.9 Å². The Labute approximate surface area is 582 Å². The largest absolute Gasteiger partial charge is 0.497 e. The van der Waals surface area contributed by atoms with Gasteiger partial charge in [-0.05, 0) is 63.7 Å². The number of rotatable bonds is 24. The fraction of sp³-hybridized carbons (Fsp3) is 0.130. The van der Waals surface area contributed by atoms with Gasteiger partial charge in [0.2, 0.25) is 11.0 Å². The molecule has 1 fully saturated rings. The molecule has 4 heterocycles. The number of β-lactam (4-membered cyclic amide) rings is 1. The molecule has 2 N–H and O–H groups in total. The van der Waals surface area contributed by atoms with E-state index in [9.17, 15) is 23.2 Å². The Morgan fingerprint density at radius 1 is 0.626 bits per heavy atom. The van der Waals surface area contributed by atoms with E-state index in [2.05, 4.69) is 10.6 Å². The minimum Gasteiger partial charge on any atom is -0.497 e. The lowest BCUT2D eigenvalue weighted by Crippen LogP contribution is -2.71. The van der Waals surface area contributed by atoms with Gasteiger partial charge in [0.05, 0.1) is 23.1 Å². The van der Waals surface area contributed by atoms with Crippen LogP contribution in [0.25, 0.3) is 10.1 Å². The molecule has 0 spiro atoms. The summed E-state index contributed by atoms with van der Waals surface area (Å²) in [5.41, 5.74) is 1.42. The first-order valence-electron chi connectivity index (χ1n) is 31.0. The lowest BCUT2D eigenvalue weighted by Gasteiger charge is -2.49. The van der Waals surface area contributed by atoms with E-state index < -0.39 is 84.8 Å². The van der Waals surface area contributed by atoms with Crippen LogP contribution < -0.4 is 25.5 Å². The van der Waals surface area contributed by atoms with E-state index in [1.165, 1.54) is 42.2 Å². The molecule has 1 saturated heterocycles. The third kappa shape index (κ3) is 13.4. The molecule has 496 valence electrons. The monoisotopic (exact) mass is 1400 g/mol. The summed E-state index contributed by atoms with van der Waals surface area (Å²) < 4.78 is 66.9. The number of hydrogen-bond acceptors (Lipinski definition) is 17. The van der Waals surface area contributed by atoms with Crippen molar-refractivity contribution in [3.8, 4) is 11.5 Å². The number of halogens is 3. The van der Waals surface area contributed by atoms with Crippen molar-refractivity contribution in [1.29, 1.82) is 0 Å². The summed E-state index contributed by atoms with van der Waals surface area (Å²) in [6.07, 6.45) is 0. The molecule has 2 atom stereocenters. The number of thioether (sulfide) groups is 2. The van der Waals surface area contributed by atoms with Crippen LogP contribution in [0, 0.1) is 17.5 Å². The van der Waals surface area contributed by atoms with E-state index in [4.69, 9.17) is 33.9 Å². The van der Waals surface area contributed by atoms with Crippen LogP contribution in [0.2, 0.25) is 0 Å². The number of benzene rings is 9. The van der Waals surface area contributed by atoms with E-state index in [0.29, 0.717) is 61.9 Å². The number of carbonyl (C=O) groups excluding carboxylic acids is 4. The minimum absolute atomic E-state index is 0.000368. The Morgan fingerprint density at radius 3 is 1.59 bits per heavy atom. The van der Waals surface area contributed by atoms with E-state index >= 15 is 14.0 Å². The van der Waals surface area contributed by atoms with Gasteiger partial charge >= 0.3 is 11.9 Å². The second-order valence-corrected chi connectivity index (χ2v) is 27.0. The highest BCUT2D eigenvalue weighted by Crippen LogP contribution is 2.46. The molecule has 0 aliphatic carbocycles. The number of thiazole rings is 1. The molecule has 2 aliphatic heterocycles. The Hall–Kier alpha value is -10.8. The predicted octanol–water partition coefficient (Wildman–Crippen LogP) is 14.8. The van der Waals surface area contributed by atoms with Crippen molar-refractivity contribution in [3.63, 3.8) is 0 Å². The Balaban J connectivity index is 0.874. The SMILES string of the molecule is COc1ccc(COC(=O)C2=C(CSc3sc4c(F)c(F)c(F)cc4c(=O)c3C(=O)OCc3ccc(OC)cc3)CS[C@@H]3C(NC(=O)/C(=N\OC(c4ccccc4)(c4ccccc4)c4ccccc4)c4csc(NC(c5ccccc5)(c5ccccc5)c5ccccc5)n4)C(=O)N23)cc1. The number of oxime groups is 1. The van der Waals surface area contributed by atoms with Crippen LogP contribution >= 0.6 is 46.2 Å². The van der Waals surface area contributed by atoms with Gasteiger partial charge in [-0.25, -0.2) is 27.7 Å². The number of esters is 2. The lowest BCUT2D eigenvalue weighted by atomic mass is 9.77. The van der Waals surface area contributed by atoms with Crippen LogP contribution in [0.4, 0.5) is 18.3 Å². The maximum absolute atomic E-state index is 15.7. The zero-order valence-corrected chi connectivity index (χ0v) is 56.0. The van der Waals surface area contributed by atoms with Crippen molar-refractivity contribution in [3.05, 3.63) is 337 Å². The predicted molar refractivity (Wildman–Crippen MR) is 377 cm³/mol. The first-order chi connectivity index (χ1) is 48.3. The molecule has 2 aromatic heterocycles. The molecule has 9 aromatic carbocycles. The number of fused-ring (bicyclic) bond motifs is 2. The highest BCUT2D eigenvalue weighted by Gasteiger charge is 2.55. The summed E-state index contributed by atoms with van der Waals surface area (Å²) in [5, 5.41) is 12.1. The number of ether oxygens (including phenoxy) is 4. The van der Waals surface area contributed by atoms with Crippen LogP contribution in [-0.2, 0) is 53.0 Å². The molecule has 22 heteroatoms. The first-order valence-corrected chi connectivity index (χ1v) is 34.7. The maximum atomic E-state index is 15.7. The first kappa shape index (κ1) is 66.8. The van der Waals surface area contributed by atoms with Crippen molar-refractivity contribution in [2.75, 3.05) is 31.0 Å². The van der Waals surface area contributed by atoms with Gasteiger partial charge in [0.1, 0.15) is 58.6 Å². The average molecular weight is 1400 g/mol. The maximum Gasteiger partial charge on any atom is 0.355 e. The summed E-state index contributed by atoms with van der Waals surface area (Å²) >= 11 is 3.75. The van der Waals surface area contributed by atoms with Crippen LogP contribution in [0.1, 0.15) is 60.6 Å². The quantitative estimate of drug-likeness (QED) is 0.0111. The normalized spacial score (nSPS) is 14.6. The molecule has 1 unspecified atom stereocenters. The number of methoxy groups -OCH3 is 2. The number of carbonyl (C=O) groups is 4. The highest BCUT2D eigenvalue weighted by atomic mass is 32.2. The zero-order chi connectivity index (χ0) is 68.6. The molecule has 2 aliphatic rings. The molecule has 13 rings (SSSR count). The van der Waals surface area contributed by atoms with Gasteiger partial charge < -0.3 is 34.4 Å². The number of aromatic nitrogens is 1. The molecule has 0 saturated carbocycles. The third-order valence-corrected chi connectivity index (χ3v) is 21.5. The second kappa shape index (κ2) is 29.5. The minimum atomic E-state index is -1.83. The summed E-state index contributed by atoms with van der Waals surface area (Å²) in [6, 6.07) is 70.7. The van der Waals surface area contributed by atoms with Crippen molar-refractivity contribution < 1.29 is 56.1 Å². The van der Waals surface area contributed by atoms with Crippen LogP contribution in [0.15, 0.2) is 267 Å². The molecule has 0 bridgehead atoms. The van der Waals surface area contributed by atoms with Gasteiger partial charge in [0.25, 0.3) is 11.8 Å². The molecular weight excluding hydrogens is 1340 g/mol. The van der Waals surface area contributed by atoms with Crippen LogP contribution in [-0.4, -0.2) is 76.5 Å². The summed E-state index contributed by atoms with van der Waals surface area (Å²) in [5.74, 6) is -7.92. The van der Waals surface area contributed by atoms with Crippen molar-refractivity contribution in [1.82, 2.24) is 15.2 Å². The topological polar surface area (TPSA) is 184 Å². The molecule has 11 aromatic rings. The van der Waals surface area contributed by atoms with E-state index in [-0.39, 0.29) is 51.6 Å². The number of hydrogen-bond donors (Lipinski definition) is 2. The average Bonchev–Trinajstić information content (AvgIpc) is 0.832. The van der Waals surface area contributed by atoms with Gasteiger partial charge in [-0.3, -0.25) is 19.3 Å². The number of anilines is 1. The highest BCUT2D eigenvalue weighted by molar-refractivity contribution is 8.02. The van der Waals surface area contributed by atoms with Crippen molar-refractivity contribution in [2.24, 2.45) is 5.16 Å². The molecule has 15 nitrogen and oxygen atoms in total. The molecule has 99 heavy (non-hydrogen) atoms. The Morgan fingerprint density at radius 2 is 1.10 bits per heavy atom. The van der Waals surface area contributed by atoms with Gasteiger partial charge in [-0.2, -0.15) is 0 Å². The molecule has 2 amide bonds. The number of nitrogens with zero attached hydrogens (tertiary/aromatic N) is 3. The zero-order valence-electron chi connectivity index (χ0n) is 52.8. The van der Waals surface area contributed by atoms with Gasteiger partial charge in [0, 0.05) is 39.0 Å². The summed E-state index contributed by atoms with van der Waals surface area (Å²) in [4.78, 5) is 87.6. The van der Waals surface area contributed by atoms with E-state index in [1.54, 1.807) is 53.9 Å². The molecule has 0 radical (unpaired) electrons. The fourth-order valence-corrected chi connectivity index (χ4v) is 16.6. The molecular formula is C77H58F3N5O10S4. The van der Waals surface area contributed by atoms with E-state index in [0.717, 1.165) is 28.5 Å². The van der Waals surface area contributed by atoms with Gasteiger partial charge in [0.15, 0.2) is 28.3 Å². The van der Waals surface area contributed by atoms with Crippen LogP contribution in [0.3, 0.4) is 0 Å². The number of nitrogens with one attached hydrogen (secondary N) is 2. The fourth-order valence-electron chi connectivity index (χ4n) is 11.9. The van der Waals surface area contributed by atoms with Crippen LogP contribution in [0.5, 0.6) is 11.5 Å². The van der Waals surface area contributed by atoms with Gasteiger partial charge in [-0.15, -0.1) is 46.2 Å². The second-order valence-electron chi connectivity index (χ2n) is 22.7. The van der Waals surface area contributed by atoms with E-state index in [1.807, 2.05) is 182 Å². The smallest absolute Gasteiger partial charge is 0.355 e. The standard InChI is InChI=1S/C77H58F3N5O10S4/c1-91-56-37-33-47(34-38-56)42-93-72(89)61-67(86)58-41-59(78)62(79)63(80)68(58)99-74(61)97-45-49-44-96-71-65(70(88)85(71)66(49)73(90)94-43-48-35-39-57(92-2)40-36-48)82-69(87)64(84-95-77(53-27-15-6-16-28-53,54-29-17-7-18-30-54)55-31-19-8-20-32-55)60-46-98-75(81-60)83-76(50-21-9-3-10-22-50,51-23-11-4-12-24-51)52-25-13-5-14-26-52/h3-41,46,65,71H,42-45H2,1-2H3,(H,81,83)(H,82,87)/b84-64-/t65?,71-/m1/s1. The Bertz CT molecular complexity index is 4710. The number of amides is 2. The van der Waals surface area contributed by atoms with Crippen molar-refractivity contribution in [2.45, 2.75) is 40.0 Å². The third-order valence-electron chi connectivity index (χ3n) is 16.8. The summed E-state index contributed by atoms with van der Waals surface area (Å²) in [6.45, 7) is -0.574. The van der Waals surface area contributed by atoms with Gasteiger partial charge in [-0.1, -0.05) is 211 Å². The Kier molecular flexibility index (Phi) is 19.9. The summed E-state index contributed by atoms with van der Waals surface area (Å²) in [7, 11) is 3.00. The lowest BCUT2D eigenvalue weighted by molar-refractivity contribution is -0.153.